The van der Waals surface area contributed by atoms with Crippen LogP contribution < -0.4 is 5.32 Å². The van der Waals surface area contributed by atoms with E-state index in [9.17, 15) is 0 Å². The van der Waals surface area contributed by atoms with E-state index < -0.39 is 0 Å². The summed E-state index contributed by atoms with van der Waals surface area (Å²) in [6.45, 7) is 1.72. The molecule has 0 aliphatic heterocycles. The lowest BCUT2D eigenvalue weighted by Crippen LogP contribution is -2.07. The van der Waals surface area contributed by atoms with Crippen molar-refractivity contribution >= 4 is 5.82 Å². The Kier molecular flexibility index (Phi) is 3.71. The van der Waals surface area contributed by atoms with E-state index in [1.54, 1.807) is 18.5 Å². The van der Waals surface area contributed by atoms with Gasteiger partial charge >= 0.3 is 0 Å². The van der Waals surface area contributed by atoms with Gasteiger partial charge in [0.15, 0.2) is 0 Å². The third-order valence-electron chi connectivity index (χ3n) is 2.32. The zero-order valence-corrected chi connectivity index (χ0v) is 9.37. The van der Waals surface area contributed by atoms with Crippen molar-refractivity contribution in [1.29, 1.82) is 5.26 Å². The van der Waals surface area contributed by atoms with Crippen LogP contribution in [0.4, 0.5) is 5.82 Å². The zero-order chi connectivity index (χ0) is 11.9. The van der Waals surface area contributed by atoms with Gasteiger partial charge in [0.05, 0.1) is 5.56 Å². The Balaban J connectivity index is 1.73. The number of anilines is 1. The lowest BCUT2D eigenvalue weighted by Gasteiger charge is -2.05. The van der Waals surface area contributed by atoms with Crippen molar-refractivity contribution in [2.75, 3.05) is 11.9 Å². The van der Waals surface area contributed by atoms with E-state index in [1.807, 2.05) is 29.1 Å². The molecule has 2 heterocycles. The van der Waals surface area contributed by atoms with Crippen molar-refractivity contribution in [2.24, 2.45) is 0 Å². The number of hydrogen-bond donors (Lipinski definition) is 1. The molecule has 2 rings (SSSR count). The molecule has 0 saturated carbocycles. The van der Waals surface area contributed by atoms with Crippen LogP contribution >= 0.6 is 0 Å². The zero-order valence-electron chi connectivity index (χ0n) is 9.37. The van der Waals surface area contributed by atoms with Crippen molar-refractivity contribution in [3.63, 3.8) is 0 Å². The van der Waals surface area contributed by atoms with Crippen LogP contribution in [0, 0.1) is 11.3 Å². The standard InChI is InChI=1S/C12H13N5/c13-9-11-3-4-12(15-10-11)14-5-1-7-17-8-2-6-16-17/h2-4,6,8,10H,1,5,7H2,(H,14,15). The molecule has 0 unspecified atom stereocenters. The Morgan fingerprint density at radius 2 is 2.35 bits per heavy atom. The molecule has 2 aromatic heterocycles. The van der Waals surface area contributed by atoms with Crippen LogP contribution in [0.25, 0.3) is 0 Å². The smallest absolute Gasteiger partial charge is 0.125 e. The van der Waals surface area contributed by atoms with Gasteiger partial charge in [-0.1, -0.05) is 0 Å². The van der Waals surface area contributed by atoms with Gasteiger partial charge in [0.1, 0.15) is 11.9 Å². The summed E-state index contributed by atoms with van der Waals surface area (Å²) < 4.78 is 1.90. The summed E-state index contributed by atoms with van der Waals surface area (Å²) >= 11 is 0. The summed E-state index contributed by atoms with van der Waals surface area (Å²) in [5.41, 5.74) is 0.576. The van der Waals surface area contributed by atoms with E-state index in [1.165, 1.54) is 0 Å². The molecule has 0 bridgehead atoms. The molecular formula is C12H13N5. The van der Waals surface area contributed by atoms with Gasteiger partial charge < -0.3 is 5.32 Å². The molecule has 0 aliphatic carbocycles. The topological polar surface area (TPSA) is 66.5 Å². The number of rotatable bonds is 5. The van der Waals surface area contributed by atoms with Gasteiger partial charge in [-0.25, -0.2) is 4.98 Å². The molecule has 0 fully saturated rings. The van der Waals surface area contributed by atoms with Crippen molar-refractivity contribution in [2.45, 2.75) is 13.0 Å². The Bertz CT molecular complexity index is 481. The maximum atomic E-state index is 8.63. The Morgan fingerprint density at radius 1 is 1.41 bits per heavy atom. The molecule has 17 heavy (non-hydrogen) atoms. The van der Waals surface area contributed by atoms with Crippen LogP contribution in [0.2, 0.25) is 0 Å². The molecule has 1 N–H and O–H groups in total. The number of aryl methyl sites for hydroxylation is 1. The Labute approximate surface area is 99.7 Å². The fourth-order valence-electron chi connectivity index (χ4n) is 1.45. The van der Waals surface area contributed by atoms with Gasteiger partial charge in [-0.15, -0.1) is 0 Å². The third kappa shape index (κ3) is 3.31. The second-order valence-electron chi connectivity index (χ2n) is 3.59. The van der Waals surface area contributed by atoms with E-state index >= 15 is 0 Å². The molecular weight excluding hydrogens is 214 g/mol. The molecule has 2 aromatic rings. The van der Waals surface area contributed by atoms with E-state index in [-0.39, 0.29) is 0 Å². The first-order chi connectivity index (χ1) is 8.38. The highest BCUT2D eigenvalue weighted by Crippen LogP contribution is 2.03. The van der Waals surface area contributed by atoms with Crippen molar-refractivity contribution < 1.29 is 0 Å². The maximum absolute atomic E-state index is 8.63. The van der Waals surface area contributed by atoms with Gasteiger partial charge in [0, 0.05) is 31.7 Å². The predicted octanol–water partition coefficient (Wildman–Crippen LogP) is 1.65. The second kappa shape index (κ2) is 5.66. The summed E-state index contributed by atoms with van der Waals surface area (Å²) in [5.74, 6) is 0.796. The van der Waals surface area contributed by atoms with Crippen LogP contribution in [-0.4, -0.2) is 21.3 Å². The molecule has 0 radical (unpaired) electrons. The number of aromatic nitrogens is 3. The first-order valence-electron chi connectivity index (χ1n) is 5.46. The van der Waals surface area contributed by atoms with Gasteiger partial charge in [-0.2, -0.15) is 10.4 Å². The summed E-state index contributed by atoms with van der Waals surface area (Å²) in [7, 11) is 0. The molecule has 0 amide bonds. The number of pyridine rings is 1. The predicted molar refractivity (Wildman–Crippen MR) is 64.3 cm³/mol. The largest absolute Gasteiger partial charge is 0.370 e. The van der Waals surface area contributed by atoms with E-state index in [0.29, 0.717) is 5.56 Å². The normalized spacial score (nSPS) is 9.82. The van der Waals surface area contributed by atoms with Gasteiger partial charge in [0.2, 0.25) is 0 Å². The van der Waals surface area contributed by atoms with Crippen LogP contribution in [0.5, 0.6) is 0 Å². The number of nitrogens with zero attached hydrogens (tertiary/aromatic N) is 4. The lowest BCUT2D eigenvalue weighted by molar-refractivity contribution is 0.591. The Hall–Kier alpha value is -2.35. The molecule has 0 aromatic carbocycles. The number of hydrogen-bond acceptors (Lipinski definition) is 4. The minimum Gasteiger partial charge on any atom is -0.370 e. The molecule has 0 atom stereocenters. The van der Waals surface area contributed by atoms with E-state index in [4.69, 9.17) is 5.26 Å². The summed E-state index contributed by atoms with van der Waals surface area (Å²) in [6.07, 6.45) is 6.26. The van der Waals surface area contributed by atoms with Gasteiger partial charge in [-0.3, -0.25) is 4.68 Å². The highest BCUT2D eigenvalue weighted by Gasteiger charge is 1.95. The summed E-state index contributed by atoms with van der Waals surface area (Å²) in [5, 5.41) is 15.9. The molecule has 0 spiro atoms. The SMILES string of the molecule is N#Cc1ccc(NCCCn2cccn2)nc1. The van der Waals surface area contributed by atoms with E-state index in [2.05, 4.69) is 15.4 Å². The third-order valence-corrected chi connectivity index (χ3v) is 2.32. The monoisotopic (exact) mass is 227 g/mol. The minimum atomic E-state index is 0.576. The Morgan fingerprint density at radius 3 is 3.00 bits per heavy atom. The molecule has 86 valence electrons. The van der Waals surface area contributed by atoms with Crippen LogP contribution in [0.3, 0.4) is 0 Å². The van der Waals surface area contributed by atoms with Crippen molar-refractivity contribution in [1.82, 2.24) is 14.8 Å². The van der Waals surface area contributed by atoms with Crippen molar-refractivity contribution in [3.05, 3.63) is 42.4 Å². The molecule has 5 nitrogen and oxygen atoms in total. The number of nitriles is 1. The molecule has 5 heteroatoms. The number of nitrogens with one attached hydrogen (secondary N) is 1. The second-order valence-corrected chi connectivity index (χ2v) is 3.59. The first kappa shape index (κ1) is 11.1. The van der Waals surface area contributed by atoms with Gasteiger partial charge in [0.25, 0.3) is 0 Å². The average molecular weight is 227 g/mol. The highest BCUT2D eigenvalue weighted by molar-refractivity contribution is 5.38. The summed E-state index contributed by atoms with van der Waals surface area (Å²) in [6, 6.07) is 7.52. The van der Waals surface area contributed by atoms with Crippen LogP contribution in [-0.2, 0) is 6.54 Å². The molecule has 0 aliphatic rings. The maximum Gasteiger partial charge on any atom is 0.125 e. The van der Waals surface area contributed by atoms with Crippen LogP contribution in [0.1, 0.15) is 12.0 Å². The van der Waals surface area contributed by atoms with Gasteiger partial charge in [-0.05, 0) is 24.6 Å². The van der Waals surface area contributed by atoms with E-state index in [0.717, 1.165) is 25.3 Å². The average Bonchev–Trinajstić information content (AvgIpc) is 2.88. The van der Waals surface area contributed by atoms with Crippen molar-refractivity contribution in [3.8, 4) is 6.07 Å². The quantitative estimate of drug-likeness (QED) is 0.789. The summed E-state index contributed by atoms with van der Waals surface area (Å²) in [4.78, 5) is 4.13. The fraction of sp³-hybridized carbons (Fsp3) is 0.250. The highest BCUT2D eigenvalue weighted by atomic mass is 15.3. The first-order valence-corrected chi connectivity index (χ1v) is 5.46. The molecule has 0 saturated heterocycles. The fourth-order valence-corrected chi connectivity index (χ4v) is 1.45. The van der Waals surface area contributed by atoms with Crippen LogP contribution in [0.15, 0.2) is 36.8 Å². The minimum absolute atomic E-state index is 0.576. The lowest BCUT2D eigenvalue weighted by atomic mass is 10.3.